The predicted molar refractivity (Wildman–Crippen MR) is 84.1 cm³/mol. The van der Waals surface area contributed by atoms with Crippen molar-refractivity contribution in [3.8, 4) is 17.6 Å². The minimum absolute atomic E-state index is 0.373. The molecular weight excluding hydrogens is 260 g/mol. The number of hydrogen-bond acceptors (Lipinski definition) is 2. The summed E-state index contributed by atoms with van der Waals surface area (Å²) < 4.78 is 5.12. The average molecular weight is 276 g/mol. The third-order valence-electron chi connectivity index (χ3n) is 2.82. The van der Waals surface area contributed by atoms with E-state index in [4.69, 9.17) is 4.74 Å². The standard InChI is InChI=1S/C19H16O2/c1-14(2)19(20)21-18-12-10-17(11-13-18)9-8-16-6-4-15(3)5-7-16/h4-7,10-13H,1H2,2-3H3. The molecule has 0 unspecified atom stereocenters. The Morgan fingerprint density at radius 1 is 0.952 bits per heavy atom. The molecule has 0 aromatic heterocycles. The van der Waals surface area contributed by atoms with Crippen LogP contribution in [0.15, 0.2) is 60.7 Å². The van der Waals surface area contributed by atoms with E-state index < -0.39 is 5.97 Å². The number of carbonyl (C=O) groups excluding carboxylic acids is 1. The van der Waals surface area contributed by atoms with Crippen molar-refractivity contribution >= 4 is 5.97 Å². The van der Waals surface area contributed by atoms with E-state index in [1.54, 1.807) is 19.1 Å². The Hall–Kier alpha value is -2.79. The molecule has 2 aromatic rings. The van der Waals surface area contributed by atoms with Crippen LogP contribution < -0.4 is 4.74 Å². The zero-order valence-corrected chi connectivity index (χ0v) is 12.1. The molecule has 0 saturated heterocycles. The van der Waals surface area contributed by atoms with Gasteiger partial charge in [-0.3, -0.25) is 0 Å². The maximum Gasteiger partial charge on any atom is 0.338 e. The SMILES string of the molecule is C=C(C)C(=O)Oc1ccc(C#Cc2ccc(C)cc2)cc1. The van der Waals surface area contributed by atoms with Gasteiger partial charge in [0, 0.05) is 16.7 Å². The van der Waals surface area contributed by atoms with Gasteiger partial charge >= 0.3 is 5.97 Å². The normalized spacial score (nSPS) is 9.43. The summed E-state index contributed by atoms with van der Waals surface area (Å²) in [4.78, 5) is 11.4. The molecule has 0 bridgehead atoms. The van der Waals surface area contributed by atoms with Crippen LogP contribution in [0.3, 0.4) is 0 Å². The summed E-state index contributed by atoms with van der Waals surface area (Å²) in [6.45, 7) is 7.20. The van der Waals surface area contributed by atoms with Crippen molar-refractivity contribution in [3.05, 3.63) is 77.4 Å². The van der Waals surface area contributed by atoms with Crippen molar-refractivity contribution in [1.29, 1.82) is 0 Å². The van der Waals surface area contributed by atoms with E-state index in [9.17, 15) is 4.79 Å². The van der Waals surface area contributed by atoms with Crippen molar-refractivity contribution < 1.29 is 9.53 Å². The van der Waals surface area contributed by atoms with Crippen LogP contribution in [0.25, 0.3) is 0 Å². The molecule has 0 atom stereocenters. The van der Waals surface area contributed by atoms with Crippen LogP contribution in [-0.4, -0.2) is 5.97 Å². The molecule has 21 heavy (non-hydrogen) atoms. The summed E-state index contributed by atoms with van der Waals surface area (Å²) in [5.41, 5.74) is 3.42. The molecule has 0 saturated carbocycles. The molecule has 2 heteroatoms. The van der Waals surface area contributed by atoms with Crippen LogP contribution in [0.1, 0.15) is 23.6 Å². The van der Waals surface area contributed by atoms with E-state index in [-0.39, 0.29) is 0 Å². The van der Waals surface area contributed by atoms with E-state index in [1.807, 2.05) is 43.3 Å². The van der Waals surface area contributed by atoms with E-state index in [0.717, 1.165) is 11.1 Å². The first kappa shape index (κ1) is 14.6. The van der Waals surface area contributed by atoms with E-state index in [2.05, 4.69) is 18.4 Å². The Balaban J connectivity index is 2.08. The van der Waals surface area contributed by atoms with E-state index in [1.165, 1.54) is 5.56 Å². The smallest absolute Gasteiger partial charge is 0.338 e. The summed E-state index contributed by atoms with van der Waals surface area (Å²) in [6.07, 6.45) is 0. The molecule has 0 amide bonds. The van der Waals surface area contributed by atoms with Gasteiger partial charge in [0.1, 0.15) is 5.75 Å². The van der Waals surface area contributed by atoms with Crippen molar-refractivity contribution in [3.63, 3.8) is 0 Å². The number of carbonyl (C=O) groups is 1. The first-order valence-electron chi connectivity index (χ1n) is 6.61. The highest BCUT2D eigenvalue weighted by Gasteiger charge is 2.04. The molecule has 0 N–H and O–H groups in total. The molecule has 0 fully saturated rings. The van der Waals surface area contributed by atoms with E-state index in [0.29, 0.717) is 11.3 Å². The lowest BCUT2D eigenvalue weighted by atomic mass is 10.1. The fraction of sp³-hybridized carbons (Fsp3) is 0.105. The van der Waals surface area contributed by atoms with Gasteiger partial charge in [-0.1, -0.05) is 36.1 Å². The molecule has 0 aliphatic rings. The Morgan fingerprint density at radius 3 is 1.90 bits per heavy atom. The zero-order valence-electron chi connectivity index (χ0n) is 12.1. The van der Waals surface area contributed by atoms with Crippen LogP contribution in [-0.2, 0) is 4.79 Å². The van der Waals surface area contributed by atoms with Gasteiger partial charge in [0.2, 0.25) is 0 Å². The first-order valence-corrected chi connectivity index (χ1v) is 6.61. The van der Waals surface area contributed by atoms with Gasteiger partial charge in [0.05, 0.1) is 0 Å². The highest BCUT2D eigenvalue weighted by Crippen LogP contribution is 2.13. The molecule has 2 rings (SSSR count). The van der Waals surface area contributed by atoms with Crippen molar-refractivity contribution in [2.45, 2.75) is 13.8 Å². The number of aryl methyl sites for hydroxylation is 1. The maximum atomic E-state index is 11.4. The Morgan fingerprint density at radius 2 is 1.43 bits per heavy atom. The molecule has 0 aliphatic carbocycles. The summed E-state index contributed by atoms with van der Waals surface area (Å²) in [5.74, 6) is 6.24. The number of esters is 1. The van der Waals surface area contributed by atoms with Gasteiger partial charge in [-0.2, -0.15) is 0 Å². The second-order valence-electron chi connectivity index (χ2n) is 4.81. The highest BCUT2D eigenvalue weighted by atomic mass is 16.5. The van der Waals surface area contributed by atoms with Crippen LogP contribution >= 0.6 is 0 Å². The predicted octanol–water partition coefficient (Wildman–Crippen LogP) is 3.88. The third-order valence-corrected chi connectivity index (χ3v) is 2.82. The van der Waals surface area contributed by atoms with Crippen LogP contribution in [0.5, 0.6) is 5.75 Å². The van der Waals surface area contributed by atoms with Gasteiger partial charge < -0.3 is 4.74 Å². The van der Waals surface area contributed by atoms with Crippen molar-refractivity contribution in [1.82, 2.24) is 0 Å². The van der Waals surface area contributed by atoms with Crippen LogP contribution in [0, 0.1) is 18.8 Å². The lowest BCUT2D eigenvalue weighted by Crippen LogP contribution is -2.07. The quantitative estimate of drug-likeness (QED) is 0.360. The van der Waals surface area contributed by atoms with Gasteiger partial charge in [-0.15, -0.1) is 0 Å². The first-order chi connectivity index (χ1) is 10.0. The minimum Gasteiger partial charge on any atom is -0.423 e. The molecule has 0 aliphatic heterocycles. The maximum absolute atomic E-state index is 11.4. The topological polar surface area (TPSA) is 26.3 Å². The largest absolute Gasteiger partial charge is 0.423 e. The number of ether oxygens (including phenoxy) is 1. The molecule has 104 valence electrons. The molecule has 0 heterocycles. The van der Waals surface area contributed by atoms with Gasteiger partial charge in [-0.05, 0) is 50.2 Å². The van der Waals surface area contributed by atoms with Crippen molar-refractivity contribution in [2.75, 3.05) is 0 Å². The fourth-order valence-corrected chi connectivity index (χ4v) is 1.58. The van der Waals surface area contributed by atoms with Crippen molar-refractivity contribution in [2.24, 2.45) is 0 Å². The lowest BCUT2D eigenvalue weighted by molar-refractivity contribution is -0.130. The second kappa shape index (κ2) is 6.58. The van der Waals surface area contributed by atoms with Crippen LogP contribution in [0.2, 0.25) is 0 Å². The number of benzene rings is 2. The average Bonchev–Trinajstić information content (AvgIpc) is 2.48. The second-order valence-corrected chi connectivity index (χ2v) is 4.81. The summed E-state index contributed by atoms with van der Waals surface area (Å²) in [6, 6.07) is 15.1. The minimum atomic E-state index is -0.423. The molecular formula is C19H16O2. The number of rotatable bonds is 2. The zero-order chi connectivity index (χ0) is 15.2. The Labute approximate surface area is 125 Å². The molecule has 2 nitrogen and oxygen atoms in total. The summed E-state index contributed by atoms with van der Waals surface area (Å²) >= 11 is 0. The monoisotopic (exact) mass is 276 g/mol. The Kier molecular flexibility index (Phi) is 4.58. The third kappa shape index (κ3) is 4.36. The van der Waals surface area contributed by atoms with Crippen LogP contribution in [0.4, 0.5) is 0 Å². The molecule has 0 radical (unpaired) electrons. The molecule has 0 spiro atoms. The summed E-state index contributed by atoms with van der Waals surface area (Å²) in [7, 11) is 0. The lowest BCUT2D eigenvalue weighted by Gasteiger charge is -2.03. The van der Waals surface area contributed by atoms with Gasteiger partial charge in [0.15, 0.2) is 0 Å². The van der Waals surface area contributed by atoms with Gasteiger partial charge in [0.25, 0.3) is 0 Å². The van der Waals surface area contributed by atoms with Gasteiger partial charge in [-0.25, -0.2) is 4.79 Å². The summed E-state index contributed by atoms with van der Waals surface area (Å²) in [5, 5.41) is 0. The number of hydrogen-bond donors (Lipinski definition) is 0. The molecule has 2 aromatic carbocycles. The highest BCUT2D eigenvalue weighted by molar-refractivity contribution is 5.88. The fourth-order valence-electron chi connectivity index (χ4n) is 1.58. The Bertz CT molecular complexity index is 711. The van der Waals surface area contributed by atoms with E-state index >= 15 is 0 Å².